The van der Waals surface area contributed by atoms with Crippen molar-refractivity contribution in [2.75, 3.05) is 18.1 Å². The molecule has 3 heterocycles. The molecule has 0 bridgehead atoms. The molecule has 146 valence electrons. The number of hydrogen-bond donors (Lipinski definition) is 3. The second-order valence-corrected chi connectivity index (χ2v) is 7.82. The van der Waals surface area contributed by atoms with E-state index in [-0.39, 0.29) is 11.9 Å². The summed E-state index contributed by atoms with van der Waals surface area (Å²) in [5, 5.41) is 12.0. The topological polar surface area (TPSA) is 93.4 Å². The molecule has 8 nitrogen and oxygen atoms in total. The highest BCUT2D eigenvalue weighted by Crippen LogP contribution is 2.29. The van der Waals surface area contributed by atoms with Gasteiger partial charge < -0.3 is 10.2 Å². The number of urea groups is 1. The minimum atomic E-state index is -0.505. The quantitative estimate of drug-likeness (QED) is 0.742. The van der Waals surface area contributed by atoms with Crippen LogP contribution in [-0.4, -0.2) is 45.8 Å². The maximum absolute atomic E-state index is 13.0. The molecular weight excluding hydrogens is 356 g/mol. The third kappa shape index (κ3) is 2.84. The number of hydrogen-bond acceptors (Lipinski definition) is 4. The summed E-state index contributed by atoms with van der Waals surface area (Å²) >= 11 is 0. The van der Waals surface area contributed by atoms with E-state index in [4.69, 9.17) is 0 Å². The number of likely N-dealkylation sites (tertiary alicyclic amines) is 1. The van der Waals surface area contributed by atoms with Gasteiger partial charge in [0.1, 0.15) is 5.66 Å². The number of fused-ring (bicyclic) bond motifs is 1. The number of nitrogens with one attached hydrogen (secondary N) is 3. The van der Waals surface area contributed by atoms with Crippen molar-refractivity contribution in [3.8, 4) is 0 Å². The fourth-order valence-corrected chi connectivity index (χ4v) is 4.45. The molecule has 3 amide bonds. The van der Waals surface area contributed by atoms with E-state index in [1.165, 1.54) is 0 Å². The van der Waals surface area contributed by atoms with Gasteiger partial charge in [0, 0.05) is 37.2 Å². The molecule has 8 heteroatoms. The average molecular weight is 380 g/mol. The molecule has 0 saturated carbocycles. The van der Waals surface area contributed by atoms with Crippen molar-refractivity contribution in [1.29, 1.82) is 0 Å². The van der Waals surface area contributed by atoms with Crippen molar-refractivity contribution >= 4 is 17.6 Å². The lowest BCUT2D eigenvalue weighted by atomic mass is 9.94. The van der Waals surface area contributed by atoms with Crippen molar-refractivity contribution in [2.45, 2.75) is 44.2 Å². The summed E-state index contributed by atoms with van der Waals surface area (Å²) in [7, 11) is 0. The van der Waals surface area contributed by atoms with E-state index in [0.29, 0.717) is 31.6 Å². The number of para-hydroxylation sites is 1. The van der Waals surface area contributed by atoms with Gasteiger partial charge in [-0.25, -0.2) is 15.2 Å². The second-order valence-electron chi connectivity index (χ2n) is 7.82. The van der Waals surface area contributed by atoms with Crippen molar-refractivity contribution in [3.63, 3.8) is 0 Å². The molecule has 0 unspecified atom stereocenters. The Labute approximate surface area is 163 Å². The Morgan fingerprint density at radius 1 is 1.07 bits per heavy atom. The maximum Gasteiger partial charge on any atom is 0.338 e. The van der Waals surface area contributed by atoms with Crippen molar-refractivity contribution in [3.05, 3.63) is 47.3 Å². The monoisotopic (exact) mass is 380 g/mol. The molecule has 2 fully saturated rings. The maximum atomic E-state index is 13.0. The lowest BCUT2D eigenvalue weighted by Crippen LogP contribution is -2.58. The third-order valence-corrected chi connectivity index (χ3v) is 6.05. The Balaban J connectivity index is 1.27. The minimum Gasteiger partial charge on any atom is -0.337 e. The first-order valence-electron chi connectivity index (χ1n) is 9.96. The summed E-state index contributed by atoms with van der Waals surface area (Å²) in [5.74, 6) is -0.00140. The Morgan fingerprint density at radius 3 is 2.61 bits per heavy atom. The van der Waals surface area contributed by atoms with Crippen LogP contribution in [0, 0.1) is 0 Å². The predicted molar refractivity (Wildman–Crippen MR) is 104 cm³/mol. The summed E-state index contributed by atoms with van der Waals surface area (Å²) in [6.07, 6.45) is 5.47. The van der Waals surface area contributed by atoms with E-state index in [9.17, 15) is 9.59 Å². The Morgan fingerprint density at radius 2 is 1.82 bits per heavy atom. The first kappa shape index (κ1) is 17.2. The number of aromatic nitrogens is 2. The van der Waals surface area contributed by atoms with Crippen LogP contribution in [-0.2, 0) is 12.8 Å². The van der Waals surface area contributed by atoms with Gasteiger partial charge in [-0.3, -0.25) is 9.89 Å². The van der Waals surface area contributed by atoms with E-state index in [1.807, 2.05) is 35.2 Å². The normalized spacial score (nSPS) is 20.9. The van der Waals surface area contributed by atoms with Crippen molar-refractivity contribution < 1.29 is 9.59 Å². The second kappa shape index (κ2) is 6.63. The first-order valence-corrected chi connectivity index (χ1v) is 9.96. The number of amides is 3. The summed E-state index contributed by atoms with van der Waals surface area (Å²) in [6, 6.07) is 9.36. The largest absolute Gasteiger partial charge is 0.338 e. The fourth-order valence-electron chi connectivity index (χ4n) is 4.45. The Hall–Kier alpha value is -2.87. The van der Waals surface area contributed by atoms with Gasteiger partial charge in [0.05, 0.1) is 5.69 Å². The Bertz CT molecular complexity index is 901. The van der Waals surface area contributed by atoms with Gasteiger partial charge in [0.15, 0.2) is 5.69 Å². The highest BCUT2D eigenvalue weighted by Gasteiger charge is 2.45. The number of rotatable bonds is 2. The summed E-state index contributed by atoms with van der Waals surface area (Å²) in [5.41, 5.74) is 6.43. The SMILES string of the molecule is O=C(c1n[nH]c2c1CCCC2)N1CCC2(CC1)NC(=O)N(c1ccccc1)N2. The molecule has 1 spiro atoms. The lowest BCUT2D eigenvalue weighted by molar-refractivity contribution is 0.0633. The number of anilines is 1. The molecule has 5 rings (SSSR count). The predicted octanol–water partition coefficient (Wildman–Crippen LogP) is 1.96. The van der Waals surface area contributed by atoms with E-state index >= 15 is 0 Å². The van der Waals surface area contributed by atoms with Gasteiger partial charge in [-0.2, -0.15) is 5.10 Å². The van der Waals surface area contributed by atoms with Gasteiger partial charge in [-0.1, -0.05) is 18.2 Å². The van der Waals surface area contributed by atoms with Gasteiger partial charge >= 0.3 is 6.03 Å². The van der Waals surface area contributed by atoms with Crippen LogP contribution in [0.4, 0.5) is 10.5 Å². The van der Waals surface area contributed by atoms with Crippen LogP contribution in [0.1, 0.15) is 47.4 Å². The van der Waals surface area contributed by atoms with Crippen LogP contribution in [0.5, 0.6) is 0 Å². The number of benzene rings is 1. The smallest absolute Gasteiger partial charge is 0.337 e. The van der Waals surface area contributed by atoms with Crippen LogP contribution in [0.25, 0.3) is 0 Å². The number of piperidine rings is 1. The number of carbonyl (C=O) groups excluding carboxylic acids is 2. The summed E-state index contributed by atoms with van der Waals surface area (Å²) in [6.45, 7) is 1.16. The van der Waals surface area contributed by atoms with Crippen LogP contribution >= 0.6 is 0 Å². The van der Waals surface area contributed by atoms with Crippen molar-refractivity contribution in [1.82, 2.24) is 25.8 Å². The summed E-state index contributed by atoms with van der Waals surface area (Å²) in [4.78, 5) is 27.3. The zero-order valence-electron chi connectivity index (χ0n) is 15.7. The van der Waals surface area contributed by atoms with Crippen LogP contribution in [0.15, 0.2) is 30.3 Å². The molecule has 0 atom stereocenters. The van der Waals surface area contributed by atoms with Crippen LogP contribution in [0.3, 0.4) is 0 Å². The molecule has 2 aliphatic heterocycles. The van der Waals surface area contributed by atoms with Gasteiger partial charge in [0.25, 0.3) is 5.91 Å². The zero-order valence-corrected chi connectivity index (χ0v) is 15.7. The summed E-state index contributed by atoms with van der Waals surface area (Å²) < 4.78 is 0. The number of nitrogens with zero attached hydrogens (tertiary/aromatic N) is 3. The minimum absolute atomic E-state index is 0.00140. The molecule has 1 aliphatic carbocycles. The van der Waals surface area contributed by atoms with Gasteiger partial charge in [0.2, 0.25) is 0 Å². The van der Waals surface area contributed by atoms with Crippen LogP contribution in [0.2, 0.25) is 0 Å². The average Bonchev–Trinajstić information content (AvgIpc) is 3.30. The molecular formula is C20H24N6O2. The standard InChI is InChI=1S/C20H24N6O2/c27-18(17-15-8-4-5-9-16(15)22-23-17)25-12-10-20(11-13-25)21-19(28)26(24-20)14-6-2-1-3-7-14/h1-3,6-7,24H,4-5,8-13H2,(H,21,28)(H,22,23). The zero-order chi connectivity index (χ0) is 19.1. The molecule has 3 aliphatic rings. The number of aromatic amines is 1. The first-order chi connectivity index (χ1) is 13.7. The van der Waals surface area contributed by atoms with E-state index in [1.54, 1.807) is 5.01 Å². The third-order valence-electron chi connectivity index (χ3n) is 6.05. The molecule has 3 N–H and O–H groups in total. The van der Waals surface area contributed by atoms with Gasteiger partial charge in [-0.15, -0.1) is 0 Å². The number of aryl methyl sites for hydroxylation is 1. The fraction of sp³-hybridized carbons (Fsp3) is 0.450. The van der Waals surface area contributed by atoms with Gasteiger partial charge in [-0.05, 0) is 37.8 Å². The number of hydrazine groups is 1. The highest BCUT2D eigenvalue weighted by atomic mass is 16.2. The molecule has 0 radical (unpaired) electrons. The number of H-pyrrole nitrogens is 1. The van der Waals surface area contributed by atoms with E-state index in [0.717, 1.165) is 42.6 Å². The molecule has 28 heavy (non-hydrogen) atoms. The molecule has 2 aromatic rings. The molecule has 1 aromatic carbocycles. The lowest BCUT2D eigenvalue weighted by Gasteiger charge is -2.38. The van der Waals surface area contributed by atoms with Crippen LogP contribution < -0.4 is 15.8 Å². The van der Waals surface area contributed by atoms with E-state index < -0.39 is 5.66 Å². The van der Waals surface area contributed by atoms with Crippen molar-refractivity contribution in [2.24, 2.45) is 0 Å². The van der Waals surface area contributed by atoms with E-state index in [2.05, 4.69) is 20.9 Å². The number of carbonyl (C=O) groups is 2. The highest BCUT2D eigenvalue weighted by molar-refractivity contribution is 5.95. The molecule has 2 saturated heterocycles. The molecule has 1 aromatic heterocycles. The Kier molecular flexibility index (Phi) is 4.08.